The Kier molecular flexibility index (Phi) is 79.9. The lowest BCUT2D eigenvalue weighted by Crippen LogP contribution is -2.66. The molecule has 4 aromatic rings. The van der Waals surface area contributed by atoms with E-state index >= 15 is 0 Å². The van der Waals surface area contributed by atoms with Crippen LogP contribution in [0.1, 0.15) is 417 Å². The number of carbonyl (C=O) groups is 1. The highest BCUT2D eigenvalue weighted by Gasteiger charge is 2.51. The van der Waals surface area contributed by atoms with Crippen molar-refractivity contribution in [2.45, 2.75) is 476 Å². The number of benzene rings is 4. The van der Waals surface area contributed by atoms with E-state index < -0.39 is 28.8 Å². The third kappa shape index (κ3) is 63.1. The minimum Gasteiger partial charge on any atom is -0.407 e. The number of unbranched alkanes of at least 4 members (excludes halogenated alkanes) is 27. The standard InChI is InChI=1S/C36H52O3Si.C31H44O2Si.C20H34O3.C20H32O3.C20H34O/c1-5-6-14-23-32(39-35-29-20-22-30-37-35)24-15-10-8-7-9-11-21-31-38-40(36(2,3)4,33-25-16-12-17-26-33)34-27-18-13-19-28-34;1-5-6-14-21-28(32)22-15-10-8-7-9-11-20-27-33-34(31(2,3)4,29-23-16-12-17-24-29)30-25-18-13-19-26-30;2*1-2-3-9-14-19(23-20-16-11-13-18-22-20)15-10-7-5-4-6-8-12-17-21;1-3-5-7-8-9-10-11-12-13-14-15-17-19-20(21)18-16-6-4-2/h8,10,12-13,16-19,25-28,32,35H,5-7,9,11,14,20-23,29-31H2,1-4H3;8,10,12-13,16-19,23-26,28,32H,5-7,9,11,14,20-21,27H2,1-4H3;5,7,19-21H,2-4,6,8-9,11-14,16-18H2,1H3;5,7,17,19-20H,2-4,6,8-9,11-14,16,18H2,1H3;8-9,14-15,20-21H,3-7,10-13,16,18H2,1-2H3/b2*10-8-;2*7-5-;9-8-,15-14-/t32-,35?;28-;2*19-,20?;20-/m11111/s1. The summed E-state index contributed by atoms with van der Waals surface area (Å²) < 4.78 is 49.3. The van der Waals surface area contributed by atoms with Crippen LogP contribution in [-0.4, -0.2) is 127 Å². The second-order valence-electron chi connectivity index (χ2n) is 39.9. The minimum atomic E-state index is -2.43. The van der Waals surface area contributed by atoms with E-state index in [4.69, 9.17) is 42.4 Å². The van der Waals surface area contributed by atoms with Crippen LogP contribution in [0, 0.1) is 59.2 Å². The van der Waals surface area contributed by atoms with Gasteiger partial charge in [-0.3, -0.25) is 0 Å². The highest BCUT2D eigenvalue weighted by atomic mass is 28.4. The fraction of sp³-hybridized carbons (Fsp3) is 0.630. The average molecular weight is 1970 g/mol. The van der Waals surface area contributed by atoms with Crippen LogP contribution in [0.15, 0.2) is 194 Å². The quantitative estimate of drug-likeness (QED) is 0.0127. The zero-order chi connectivity index (χ0) is 102. The molecule has 0 amide bonds. The summed E-state index contributed by atoms with van der Waals surface area (Å²) in [5, 5.41) is 33.6. The molecule has 0 bridgehead atoms. The number of hydrogen-bond acceptors (Lipinski definition) is 12. The number of aliphatic hydroxyl groups excluding tert-OH is 3. The van der Waals surface area contributed by atoms with Gasteiger partial charge in [-0.1, -0.05) is 402 Å². The van der Waals surface area contributed by atoms with Crippen molar-refractivity contribution in [2.75, 3.05) is 39.6 Å². The molecule has 4 aromatic carbocycles. The minimum absolute atomic E-state index is 0.0105. The topological polar surface area (TPSA) is 152 Å². The van der Waals surface area contributed by atoms with Crippen molar-refractivity contribution in [2.24, 2.45) is 0 Å². The number of aliphatic hydroxyl groups is 3. The van der Waals surface area contributed by atoms with Gasteiger partial charge in [0.15, 0.2) is 18.9 Å². The number of aldehydes is 1. The lowest BCUT2D eigenvalue weighted by molar-refractivity contribution is -0.177. The highest BCUT2D eigenvalue weighted by molar-refractivity contribution is 7.00. The molecule has 7 rings (SSSR count). The Morgan fingerprint density at radius 3 is 0.851 bits per heavy atom. The normalized spacial score (nSPS) is 16.1. The lowest BCUT2D eigenvalue weighted by Gasteiger charge is -2.43. The Morgan fingerprint density at radius 1 is 0.319 bits per heavy atom. The van der Waals surface area contributed by atoms with Crippen molar-refractivity contribution in [3.63, 3.8) is 0 Å². The maximum absolute atomic E-state index is 10.2. The lowest BCUT2D eigenvalue weighted by atomic mass is 10.1. The number of allylic oxidation sites excluding steroid dienone is 12. The molecule has 3 aliphatic rings. The van der Waals surface area contributed by atoms with Gasteiger partial charge in [0.05, 0.1) is 0 Å². The zero-order valence-electron chi connectivity index (χ0n) is 90.7. The molecule has 784 valence electrons. The summed E-state index contributed by atoms with van der Waals surface area (Å²) in [4.78, 5) is 10.2. The van der Waals surface area contributed by atoms with Crippen molar-refractivity contribution in [3.8, 4) is 59.2 Å². The third-order valence-corrected chi connectivity index (χ3v) is 35.4. The number of carbonyl (C=O) groups excluding carboxylic acids is 1. The second-order valence-corrected chi connectivity index (χ2v) is 48.5. The Bertz CT molecular complexity index is 4050. The summed E-state index contributed by atoms with van der Waals surface area (Å²) in [5.41, 5.74) is 0. The number of rotatable bonds is 62. The van der Waals surface area contributed by atoms with Crippen LogP contribution in [0.5, 0.6) is 0 Å². The molecule has 0 aliphatic carbocycles. The maximum Gasteiger partial charge on any atom is 0.261 e. The van der Waals surface area contributed by atoms with Crippen LogP contribution in [0.25, 0.3) is 0 Å². The zero-order valence-corrected chi connectivity index (χ0v) is 92.7. The molecule has 8 atom stereocenters. The molecule has 0 spiro atoms. The number of ether oxygens (including phenoxy) is 6. The largest absolute Gasteiger partial charge is 0.407 e. The van der Waals surface area contributed by atoms with Gasteiger partial charge in [-0.05, 0) is 292 Å². The highest BCUT2D eigenvalue weighted by Crippen LogP contribution is 2.39. The van der Waals surface area contributed by atoms with Gasteiger partial charge < -0.3 is 57.4 Å². The summed E-state index contributed by atoms with van der Waals surface area (Å²) in [6, 6.07) is 43.5. The molecule has 3 N–H and O–H groups in total. The SMILES string of the molecule is CCCC/C=C\CCCC/C=C\C#C[C@H](O)CCCCC.CCCCC[C@@H](O)C#C/C=C\CCCCCO[Si](c1ccccc1)(c1ccccc1)C(C)(C)C.CCCCC[C@H](C#C/C=C\CCCCC=O)OC1CCCCO1.CCCCC[C@H](C#C/C=C\CCCCCO)OC1CCCCO1.CCCCC[C@H](C#C/C=C\CCCCCO[Si](c1ccccc1)(c1ccccc1)C(C)(C)C)OC1CCCCO1. The molecule has 3 unspecified atom stereocenters. The Morgan fingerprint density at radius 2 is 0.582 bits per heavy atom. The molecule has 3 saturated heterocycles. The van der Waals surface area contributed by atoms with Crippen LogP contribution in [0.3, 0.4) is 0 Å². The van der Waals surface area contributed by atoms with Gasteiger partial charge in [-0.25, -0.2) is 0 Å². The van der Waals surface area contributed by atoms with Crippen LogP contribution >= 0.6 is 0 Å². The monoisotopic (exact) mass is 1970 g/mol. The summed E-state index contributed by atoms with van der Waals surface area (Å²) >= 11 is 0. The van der Waals surface area contributed by atoms with Crippen molar-refractivity contribution >= 4 is 43.7 Å². The molecular formula is C127H196O12Si2. The Labute approximate surface area is 865 Å². The Hall–Kier alpha value is -7.22. The van der Waals surface area contributed by atoms with Crippen molar-refractivity contribution in [1.29, 1.82) is 0 Å². The van der Waals surface area contributed by atoms with Crippen LogP contribution in [-0.2, 0) is 42.1 Å². The molecule has 3 fully saturated rings. The molecule has 3 aliphatic heterocycles. The molecule has 0 radical (unpaired) electrons. The molecule has 14 heteroatoms. The summed E-state index contributed by atoms with van der Waals surface area (Å²) in [6.45, 7) is 31.5. The van der Waals surface area contributed by atoms with Crippen LogP contribution in [0.2, 0.25) is 10.1 Å². The first-order valence-corrected chi connectivity index (χ1v) is 59.9. The van der Waals surface area contributed by atoms with Gasteiger partial charge in [0.1, 0.15) is 36.8 Å². The molecule has 0 saturated carbocycles. The first kappa shape index (κ1) is 128. The molecule has 3 heterocycles. The smallest absolute Gasteiger partial charge is 0.261 e. The maximum atomic E-state index is 10.2. The van der Waals surface area contributed by atoms with Gasteiger partial charge in [0.2, 0.25) is 0 Å². The van der Waals surface area contributed by atoms with Gasteiger partial charge in [0.25, 0.3) is 16.6 Å². The van der Waals surface area contributed by atoms with E-state index in [0.717, 1.165) is 251 Å². The molecule has 0 aromatic heterocycles. The van der Waals surface area contributed by atoms with Crippen molar-refractivity contribution in [3.05, 3.63) is 194 Å². The fourth-order valence-corrected chi connectivity index (χ4v) is 26.4. The van der Waals surface area contributed by atoms with E-state index in [1.54, 1.807) is 0 Å². The van der Waals surface area contributed by atoms with E-state index in [9.17, 15) is 15.0 Å². The van der Waals surface area contributed by atoms with E-state index in [1.807, 2.05) is 30.4 Å². The fourth-order valence-electron chi connectivity index (χ4n) is 17.2. The van der Waals surface area contributed by atoms with Crippen LogP contribution < -0.4 is 20.7 Å². The van der Waals surface area contributed by atoms with E-state index in [2.05, 4.69) is 306 Å². The van der Waals surface area contributed by atoms with Gasteiger partial charge >= 0.3 is 0 Å². The molecular weight excluding hydrogens is 1770 g/mol. The van der Waals surface area contributed by atoms with Crippen molar-refractivity contribution < 1.29 is 57.4 Å². The first-order chi connectivity index (χ1) is 68.9. The van der Waals surface area contributed by atoms with Gasteiger partial charge in [0, 0.05) is 46.1 Å². The summed E-state index contributed by atoms with van der Waals surface area (Å²) in [6.07, 6.45) is 81.8. The number of hydrogen-bond donors (Lipinski definition) is 3. The van der Waals surface area contributed by atoms with Gasteiger partial charge in [-0.15, -0.1) is 0 Å². The molecule has 12 nitrogen and oxygen atoms in total. The van der Waals surface area contributed by atoms with E-state index in [0.29, 0.717) is 13.0 Å². The van der Waals surface area contributed by atoms with Crippen molar-refractivity contribution in [1.82, 2.24) is 0 Å². The Balaban J connectivity index is 0.000000465. The van der Waals surface area contributed by atoms with Gasteiger partial charge in [-0.2, -0.15) is 0 Å². The average Bonchev–Trinajstić information content (AvgIpc) is 0.752. The third-order valence-electron chi connectivity index (χ3n) is 25.3. The molecule has 141 heavy (non-hydrogen) atoms. The van der Waals surface area contributed by atoms with E-state index in [-0.39, 0.29) is 47.3 Å². The predicted molar refractivity (Wildman–Crippen MR) is 604 cm³/mol. The second kappa shape index (κ2) is 88.1. The summed E-state index contributed by atoms with van der Waals surface area (Å²) in [7, 11) is -4.84. The van der Waals surface area contributed by atoms with Crippen LogP contribution in [0.4, 0.5) is 0 Å². The first-order valence-electron chi connectivity index (χ1n) is 56.1. The predicted octanol–water partition coefficient (Wildman–Crippen LogP) is 30.0. The van der Waals surface area contributed by atoms with E-state index in [1.165, 1.54) is 136 Å². The summed E-state index contributed by atoms with van der Waals surface area (Å²) in [5.74, 6) is 31.0.